The predicted octanol–water partition coefficient (Wildman–Crippen LogP) is 2.25. The van der Waals surface area contributed by atoms with Gasteiger partial charge in [-0.3, -0.25) is 0 Å². The summed E-state index contributed by atoms with van der Waals surface area (Å²) >= 11 is 1.42. The summed E-state index contributed by atoms with van der Waals surface area (Å²) in [5.41, 5.74) is 0.835. The summed E-state index contributed by atoms with van der Waals surface area (Å²) in [7, 11) is -3.65. The molecule has 0 amide bonds. The Balaban J connectivity index is 1.78. The number of fused-ring (bicyclic) bond motifs is 1. The molecule has 0 saturated heterocycles. The van der Waals surface area contributed by atoms with Crippen molar-refractivity contribution in [1.82, 2.24) is 14.9 Å². The molecule has 2 aromatic rings. The second kappa shape index (κ2) is 5.85. The van der Waals surface area contributed by atoms with Gasteiger partial charge in [0, 0.05) is 11.8 Å². The number of aromatic nitrogens is 2. The highest BCUT2D eigenvalue weighted by Gasteiger charge is 2.25. The minimum atomic E-state index is -3.65. The van der Waals surface area contributed by atoms with Crippen molar-refractivity contribution >= 4 is 21.4 Å². The van der Waals surface area contributed by atoms with Crippen molar-refractivity contribution < 1.29 is 13.2 Å². The second-order valence-corrected chi connectivity index (χ2v) is 9.22. The lowest BCUT2D eigenvalue weighted by atomic mass is 9.98. The molecule has 2 heterocycles. The standard InChI is InChI=1S/C15H19N3O3S2/c1-15(2,3)14-18-17-12(22-14)9-16-23(19,20)11-6-4-5-10-7-8-21-13(10)11/h4-6,16H,7-9H2,1-3H3. The molecular formula is C15H19N3O3S2. The molecular weight excluding hydrogens is 334 g/mol. The highest BCUT2D eigenvalue weighted by atomic mass is 32.2. The third-order valence-electron chi connectivity index (χ3n) is 3.49. The molecule has 0 unspecified atom stereocenters. The normalized spacial score (nSPS) is 14.6. The Morgan fingerprint density at radius 1 is 1.30 bits per heavy atom. The third-order valence-corrected chi connectivity index (χ3v) is 6.26. The fourth-order valence-corrected chi connectivity index (χ4v) is 4.36. The number of ether oxygens (including phenoxy) is 1. The maximum atomic E-state index is 12.5. The molecule has 8 heteroatoms. The van der Waals surface area contributed by atoms with Gasteiger partial charge in [-0.05, 0) is 11.6 Å². The number of benzene rings is 1. The van der Waals surface area contributed by atoms with Crippen molar-refractivity contribution in [2.45, 2.75) is 44.0 Å². The molecule has 1 aromatic carbocycles. The smallest absolute Gasteiger partial charge is 0.244 e. The van der Waals surface area contributed by atoms with E-state index in [4.69, 9.17) is 4.74 Å². The zero-order chi connectivity index (χ0) is 16.7. The van der Waals surface area contributed by atoms with E-state index in [0.29, 0.717) is 17.4 Å². The van der Waals surface area contributed by atoms with Crippen LogP contribution in [0.1, 0.15) is 36.3 Å². The number of nitrogens with zero attached hydrogens (tertiary/aromatic N) is 2. The molecule has 0 spiro atoms. The summed E-state index contributed by atoms with van der Waals surface area (Å²) in [6.07, 6.45) is 0.740. The average molecular weight is 353 g/mol. The van der Waals surface area contributed by atoms with Gasteiger partial charge in [0.05, 0.1) is 13.2 Å². The third kappa shape index (κ3) is 3.39. The molecule has 124 valence electrons. The topological polar surface area (TPSA) is 81.2 Å². The molecule has 1 aromatic heterocycles. The number of para-hydroxylation sites is 1. The lowest BCUT2D eigenvalue weighted by Crippen LogP contribution is -2.23. The highest BCUT2D eigenvalue weighted by molar-refractivity contribution is 7.89. The van der Waals surface area contributed by atoms with Gasteiger partial charge in [0.2, 0.25) is 10.0 Å². The molecule has 0 bridgehead atoms. The molecule has 0 fully saturated rings. The molecule has 3 rings (SSSR count). The van der Waals surface area contributed by atoms with Crippen LogP contribution >= 0.6 is 11.3 Å². The van der Waals surface area contributed by atoms with Crippen molar-refractivity contribution in [3.8, 4) is 5.75 Å². The first kappa shape index (κ1) is 16.4. The summed E-state index contributed by atoms with van der Waals surface area (Å²) < 4.78 is 33.1. The van der Waals surface area contributed by atoms with Crippen molar-refractivity contribution in [2.75, 3.05) is 6.61 Å². The Labute approximate surface area is 140 Å². The van der Waals surface area contributed by atoms with Gasteiger partial charge in [0.25, 0.3) is 0 Å². The number of sulfonamides is 1. The summed E-state index contributed by atoms with van der Waals surface area (Å²) in [6, 6.07) is 5.19. The van der Waals surface area contributed by atoms with Crippen LogP contribution in [0.5, 0.6) is 5.75 Å². The van der Waals surface area contributed by atoms with Crippen LogP contribution in [0, 0.1) is 0 Å². The molecule has 6 nitrogen and oxygen atoms in total. The molecule has 1 aliphatic heterocycles. The van der Waals surface area contributed by atoms with E-state index in [1.807, 2.05) is 26.8 Å². The Kier molecular flexibility index (Phi) is 4.16. The van der Waals surface area contributed by atoms with Gasteiger partial charge in [-0.25, -0.2) is 13.1 Å². The first-order valence-electron chi connectivity index (χ1n) is 7.34. The van der Waals surface area contributed by atoms with Gasteiger partial charge in [0.1, 0.15) is 20.7 Å². The minimum absolute atomic E-state index is 0.0944. The minimum Gasteiger partial charge on any atom is -0.492 e. The van der Waals surface area contributed by atoms with Crippen molar-refractivity contribution in [3.05, 3.63) is 33.8 Å². The Morgan fingerprint density at radius 3 is 2.78 bits per heavy atom. The van der Waals surface area contributed by atoms with Crippen molar-refractivity contribution in [3.63, 3.8) is 0 Å². The van der Waals surface area contributed by atoms with E-state index < -0.39 is 10.0 Å². The molecule has 0 atom stereocenters. The van der Waals surface area contributed by atoms with Crippen LogP contribution in [-0.2, 0) is 28.4 Å². The first-order chi connectivity index (χ1) is 10.8. The van der Waals surface area contributed by atoms with Crippen LogP contribution < -0.4 is 9.46 Å². The maximum absolute atomic E-state index is 12.5. The van der Waals surface area contributed by atoms with Gasteiger partial charge in [-0.2, -0.15) is 0 Å². The number of hydrogen-bond donors (Lipinski definition) is 1. The van der Waals surface area contributed by atoms with Gasteiger partial charge in [-0.1, -0.05) is 44.2 Å². The molecule has 1 N–H and O–H groups in total. The van der Waals surface area contributed by atoms with Crippen LogP contribution in [0.15, 0.2) is 23.1 Å². The number of rotatable bonds is 4. The maximum Gasteiger partial charge on any atom is 0.244 e. The van der Waals surface area contributed by atoms with Gasteiger partial charge >= 0.3 is 0 Å². The van der Waals surface area contributed by atoms with Crippen LogP contribution in [0.3, 0.4) is 0 Å². The predicted molar refractivity (Wildman–Crippen MR) is 88.3 cm³/mol. The zero-order valence-corrected chi connectivity index (χ0v) is 14.9. The zero-order valence-electron chi connectivity index (χ0n) is 13.3. The fraction of sp³-hybridized carbons (Fsp3) is 0.467. The monoisotopic (exact) mass is 353 g/mol. The van der Waals surface area contributed by atoms with Crippen LogP contribution in [-0.4, -0.2) is 25.2 Å². The van der Waals surface area contributed by atoms with E-state index in [0.717, 1.165) is 17.0 Å². The highest BCUT2D eigenvalue weighted by Crippen LogP contribution is 2.32. The lowest BCUT2D eigenvalue weighted by Gasteiger charge is -2.12. The summed E-state index contributed by atoms with van der Waals surface area (Å²) in [5, 5.41) is 9.72. The summed E-state index contributed by atoms with van der Waals surface area (Å²) in [6.45, 7) is 6.79. The van der Waals surface area contributed by atoms with Crippen LogP contribution in [0.4, 0.5) is 0 Å². The lowest BCUT2D eigenvalue weighted by molar-refractivity contribution is 0.348. The van der Waals surface area contributed by atoms with Gasteiger partial charge in [0.15, 0.2) is 0 Å². The van der Waals surface area contributed by atoms with Gasteiger partial charge < -0.3 is 4.74 Å². The number of nitrogens with one attached hydrogen (secondary N) is 1. The molecule has 23 heavy (non-hydrogen) atoms. The van der Waals surface area contributed by atoms with E-state index in [2.05, 4.69) is 14.9 Å². The van der Waals surface area contributed by atoms with E-state index in [9.17, 15) is 8.42 Å². The average Bonchev–Trinajstić information content (AvgIpc) is 3.13. The summed E-state index contributed by atoms with van der Waals surface area (Å²) in [4.78, 5) is 0.188. The second-order valence-electron chi connectivity index (χ2n) is 6.42. The quantitative estimate of drug-likeness (QED) is 0.912. The molecule has 1 aliphatic rings. The first-order valence-corrected chi connectivity index (χ1v) is 9.64. The van der Waals surface area contributed by atoms with E-state index in [1.165, 1.54) is 11.3 Å². The molecule has 0 radical (unpaired) electrons. The Hall–Kier alpha value is -1.51. The fourth-order valence-electron chi connectivity index (χ4n) is 2.26. The SMILES string of the molecule is CC(C)(C)c1nnc(CNS(=O)(=O)c2cccc3c2OCC3)s1. The summed E-state index contributed by atoms with van der Waals surface area (Å²) in [5.74, 6) is 0.465. The Morgan fingerprint density at radius 2 is 2.09 bits per heavy atom. The van der Waals surface area contributed by atoms with Crippen LogP contribution in [0.2, 0.25) is 0 Å². The van der Waals surface area contributed by atoms with E-state index in [-0.39, 0.29) is 16.9 Å². The molecule has 0 saturated carbocycles. The van der Waals surface area contributed by atoms with Crippen molar-refractivity contribution in [2.24, 2.45) is 0 Å². The number of hydrogen-bond acceptors (Lipinski definition) is 6. The van der Waals surface area contributed by atoms with Gasteiger partial charge in [-0.15, -0.1) is 10.2 Å². The largest absolute Gasteiger partial charge is 0.492 e. The van der Waals surface area contributed by atoms with Crippen molar-refractivity contribution in [1.29, 1.82) is 0 Å². The molecule has 0 aliphatic carbocycles. The van der Waals surface area contributed by atoms with Crippen LogP contribution in [0.25, 0.3) is 0 Å². The Bertz CT molecular complexity index is 823. The van der Waals surface area contributed by atoms with E-state index >= 15 is 0 Å². The van der Waals surface area contributed by atoms with E-state index in [1.54, 1.807) is 12.1 Å².